The fraction of sp³-hybridized carbons (Fsp3) is 0.640. The van der Waals surface area contributed by atoms with Gasteiger partial charge in [-0.25, -0.2) is 4.98 Å². The van der Waals surface area contributed by atoms with E-state index in [1.165, 1.54) is 43.1 Å². The van der Waals surface area contributed by atoms with E-state index in [9.17, 15) is 4.79 Å². The number of hydrogen-bond donors (Lipinski definition) is 0. The monoisotopic (exact) mass is 438 g/mol. The van der Waals surface area contributed by atoms with Crippen LogP contribution in [0.4, 0.5) is 0 Å². The highest BCUT2D eigenvalue weighted by Crippen LogP contribution is 2.29. The second kappa shape index (κ2) is 11.1. The molecule has 1 aliphatic heterocycles. The Morgan fingerprint density at radius 3 is 2.44 bits per heavy atom. The maximum absolute atomic E-state index is 13.0. The first-order chi connectivity index (χ1) is 15.6. The highest BCUT2D eigenvalue weighted by molar-refractivity contribution is 5.76. The minimum Gasteiger partial charge on any atom is -0.342 e. The Labute approximate surface area is 192 Å². The lowest BCUT2D eigenvalue weighted by Crippen LogP contribution is -2.45. The van der Waals surface area contributed by atoms with Gasteiger partial charge in [0.25, 0.3) is 0 Å². The van der Waals surface area contributed by atoms with Crippen molar-refractivity contribution in [3.8, 4) is 0 Å². The molecule has 0 saturated carbocycles. The highest BCUT2D eigenvalue weighted by atomic mass is 16.2. The minimum atomic E-state index is 0.243. The number of likely N-dealkylation sites (tertiary alicyclic amines) is 1. The summed E-state index contributed by atoms with van der Waals surface area (Å²) in [6, 6.07) is 9.57. The fourth-order valence-corrected chi connectivity index (χ4v) is 5.22. The van der Waals surface area contributed by atoms with Crippen molar-refractivity contribution in [1.29, 1.82) is 0 Å². The zero-order valence-electron chi connectivity index (χ0n) is 19.7. The van der Waals surface area contributed by atoms with E-state index in [4.69, 9.17) is 0 Å². The maximum Gasteiger partial charge on any atom is 0.224 e. The number of carbonyl (C=O) groups is 1. The average Bonchev–Trinajstić information content (AvgIpc) is 3.47. The van der Waals surface area contributed by atoms with Crippen LogP contribution in [0.5, 0.6) is 0 Å². The SMILES string of the molecule is CN(C)CCCN(CC1CCN(C2Cc3ccccc3C2)CC1)C(=O)CCn1cncn1. The van der Waals surface area contributed by atoms with Gasteiger partial charge in [0.2, 0.25) is 5.91 Å². The van der Waals surface area contributed by atoms with Crippen molar-refractivity contribution in [2.45, 2.75) is 51.1 Å². The molecule has 2 aromatic rings. The van der Waals surface area contributed by atoms with Crippen molar-refractivity contribution >= 4 is 5.91 Å². The summed E-state index contributed by atoms with van der Waals surface area (Å²) in [6.07, 6.45) is 9.47. The molecule has 1 saturated heterocycles. The summed E-state index contributed by atoms with van der Waals surface area (Å²) in [4.78, 5) is 24.0. The van der Waals surface area contributed by atoms with Gasteiger partial charge in [0, 0.05) is 25.6 Å². The van der Waals surface area contributed by atoms with Gasteiger partial charge in [-0.05, 0) is 82.9 Å². The highest BCUT2D eigenvalue weighted by Gasteiger charge is 2.30. The number of hydrogen-bond acceptors (Lipinski definition) is 5. The molecule has 2 heterocycles. The molecule has 0 bridgehead atoms. The third kappa shape index (κ3) is 6.17. The molecule has 0 atom stereocenters. The lowest BCUT2D eigenvalue weighted by molar-refractivity contribution is -0.132. The van der Waals surface area contributed by atoms with Crippen LogP contribution >= 0.6 is 0 Å². The molecule has 2 aliphatic rings. The number of nitrogens with zero attached hydrogens (tertiary/aromatic N) is 6. The Morgan fingerprint density at radius 1 is 1.09 bits per heavy atom. The zero-order valence-corrected chi connectivity index (χ0v) is 19.7. The van der Waals surface area contributed by atoms with Crippen molar-refractivity contribution in [2.75, 3.05) is 46.8 Å². The zero-order chi connectivity index (χ0) is 22.3. The van der Waals surface area contributed by atoms with Gasteiger partial charge in [-0.15, -0.1) is 0 Å². The van der Waals surface area contributed by atoms with Gasteiger partial charge in [-0.1, -0.05) is 24.3 Å². The summed E-state index contributed by atoms with van der Waals surface area (Å²) in [7, 11) is 4.18. The molecular formula is C25H38N6O. The number of aromatic nitrogens is 3. The number of rotatable bonds is 10. The number of amides is 1. The van der Waals surface area contributed by atoms with Crippen LogP contribution in [0.3, 0.4) is 0 Å². The smallest absolute Gasteiger partial charge is 0.224 e. The molecule has 0 spiro atoms. The van der Waals surface area contributed by atoms with Gasteiger partial charge in [0.1, 0.15) is 12.7 Å². The molecule has 1 fully saturated rings. The molecule has 0 N–H and O–H groups in total. The lowest BCUT2D eigenvalue weighted by Gasteiger charge is -2.38. The predicted octanol–water partition coefficient (Wildman–Crippen LogP) is 2.33. The van der Waals surface area contributed by atoms with Crippen molar-refractivity contribution in [1.82, 2.24) is 29.5 Å². The fourth-order valence-electron chi connectivity index (χ4n) is 5.22. The summed E-state index contributed by atoms with van der Waals surface area (Å²) < 4.78 is 1.74. The van der Waals surface area contributed by atoms with Gasteiger partial charge >= 0.3 is 0 Å². The van der Waals surface area contributed by atoms with Crippen LogP contribution in [0.1, 0.15) is 36.8 Å². The number of carbonyl (C=O) groups excluding carboxylic acids is 1. The quantitative estimate of drug-likeness (QED) is 0.570. The molecule has 0 radical (unpaired) electrons. The Kier molecular flexibility index (Phi) is 7.92. The molecule has 1 aromatic carbocycles. The second-order valence-corrected chi connectivity index (χ2v) is 9.72. The Balaban J connectivity index is 1.26. The summed E-state index contributed by atoms with van der Waals surface area (Å²) >= 11 is 0. The minimum absolute atomic E-state index is 0.243. The number of aryl methyl sites for hydroxylation is 1. The van der Waals surface area contributed by atoms with Crippen LogP contribution in [0.25, 0.3) is 0 Å². The first kappa shape index (κ1) is 22.9. The van der Waals surface area contributed by atoms with E-state index in [2.05, 4.69) is 63.1 Å². The molecule has 4 rings (SSSR count). The Hall–Kier alpha value is -2.25. The van der Waals surface area contributed by atoms with Gasteiger partial charge in [-0.2, -0.15) is 5.10 Å². The second-order valence-electron chi connectivity index (χ2n) is 9.72. The van der Waals surface area contributed by atoms with E-state index in [1.54, 1.807) is 11.0 Å². The number of benzene rings is 1. The lowest BCUT2D eigenvalue weighted by atomic mass is 9.94. The predicted molar refractivity (Wildman–Crippen MR) is 126 cm³/mol. The van der Waals surface area contributed by atoms with Gasteiger partial charge in [-0.3, -0.25) is 14.4 Å². The van der Waals surface area contributed by atoms with Crippen LogP contribution in [-0.2, 0) is 24.2 Å². The normalized spacial score (nSPS) is 17.7. The van der Waals surface area contributed by atoms with Crippen molar-refractivity contribution in [2.24, 2.45) is 5.92 Å². The third-order valence-electron chi connectivity index (χ3n) is 7.08. The molecule has 7 heteroatoms. The summed E-state index contributed by atoms with van der Waals surface area (Å²) in [5.41, 5.74) is 3.06. The summed E-state index contributed by atoms with van der Waals surface area (Å²) in [5, 5.41) is 4.13. The van der Waals surface area contributed by atoms with E-state index in [1.807, 2.05) is 0 Å². The molecule has 174 valence electrons. The third-order valence-corrected chi connectivity index (χ3v) is 7.08. The average molecular weight is 439 g/mol. The molecule has 0 unspecified atom stereocenters. The van der Waals surface area contributed by atoms with Gasteiger partial charge in [0.05, 0.1) is 6.54 Å². The van der Waals surface area contributed by atoms with E-state index in [0.29, 0.717) is 24.9 Å². The topological polar surface area (TPSA) is 57.5 Å². The van der Waals surface area contributed by atoms with Crippen LogP contribution < -0.4 is 0 Å². The van der Waals surface area contributed by atoms with Gasteiger partial charge < -0.3 is 9.80 Å². The van der Waals surface area contributed by atoms with Crippen LogP contribution in [0.15, 0.2) is 36.9 Å². The maximum atomic E-state index is 13.0. The number of fused-ring (bicyclic) bond motifs is 1. The molecule has 1 aromatic heterocycles. The van der Waals surface area contributed by atoms with E-state index in [-0.39, 0.29) is 5.91 Å². The van der Waals surface area contributed by atoms with E-state index < -0.39 is 0 Å². The molecule has 32 heavy (non-hydrogen) atoms. The largest absolute Gasteiger partial charge is 0.342 e. The molecule has 1 amide bonds. The van der Waals surface area contributed by atoms with Crippen LogP contribution in [0.2, 0.25) is 0 Å². The Morgan fingerprint density at radius 2 is 1.81 bits per heavy atom. The van der Waals surface area contributed by atoms with Crippen LogP contribution in [0, 0.1) is 5.92 Å². The molecule has 7 nitrogen and oxygen atoms in total. The van der Waals surface area contributed by atoms with Crippen molar-refractivity contribution < 1.29 is 4.79 Å². The van der Waals surface area contributed by atoms with Gasteiger partial charge in [0.15, 0.2) is 0 Å². The van der Waals surface area contributed by atoms with E-state index >= 15 is 0 Å². The molecular weight excluding hydrogens is 400 g/mol. The standard InChI is InChI=1S/C25H38N6O/c1-28(2)11-5-12-30(25(32)10-15-31-20-26-19-27-31)18-21-8-13-29(14-9-21)24-16-22-6-3-4-7-23(22)17-24/h3-4,6-7,19-21,24H,5,8-18H2,1-2H3. The molecule has 1 aliphatic carbocycles. The van der Waals surface area contributed by atoms with Crippen molar-refractivity contribution in [3.05, 3.63) is 48.0 Å². The van der Waals surface area contributed by atoms with Crippen LogP contribution in [-0.4, -0.2) is 88.2 Å². The number of piperidine rings is 1. The summed E-state index contributed by atoms with van der Waals surface area (Å²) in [6.45, 7) is 5.65. The first-order valence-electron chi connectivity index (χ1n) is 12.1. The first-order valence-corrected chi connectivity index (χ1v) is 12.1. The Bertz CT molecular complexity index is 819. The summed E-state index contributed by atoms with van der Waals surface area (Å²) in [5.74, 6) is 0.845. The van der Waals surface area contributed by atoms with Crippen molar-refractivity contribution in [3.63, 3.8) is 0 Å². The van der Waals surface area contributed by atoms with E-state index in [0.717, 1.165) is 39.1 Å².